The van der Waals surface area contributed by atoms with Crippen molar-refractivity contribution >= 4 is 29.4 Å². The van der Waals surface area contributed by atoms with Gasteiger partial charge in [-0.1, -0.05) is 42.1 Å². The summed E-state index contributed by atoms with van der Waals surface area (Å²) in [7, 11) is 0. The van der Waals surface area contributed by atoms with E-state index in [1.807, 2.05) is 56.3 Å². The molecule has 0 fully saturated rings. The lowest BCUT2D eigenvalue weighted by Gasteiger charge is -2.10. The van der Waals surface area contributed by atoms with Gasteiger partial charge in [0.2, 0.25) is 11.1 Å². The number of rotatable bonds is 5. The minimum atomic E-state index is -0.572. The topological polar surface area (TPSA) is 102 Å². The molecule has 27 heavy (non-hydrogen) atoms. The van der Waals surface area contributed by atoms with E-state index in [1.165, 1.54) is 4.68 Å². The number of hydrogen-bond acceptors (Lipinski definition) is 6. The van der Waals surface area contributed by atoms with Gasteiger partial charge >= 0.3 is 6.03 Å². The Morgan fingerprint density at radius 1 is 1.07 bits per heavy atom. The highest BCUT2D eigenvalue weighted by Gasteiger charge is 2.14. The van der Waals surface area contributed by atoms with E-state index in [2.05, 4.69) is 26.2 Å². The van der Waals surface area contributed by atoms with Crippen molar-refractivity contribution in [1.82, 2.24) is 25.5 Å². The van der Waals surface area contributed by atoms with Crippen LogP contribution in [-0.2, 0) is 4.79 Å². The fourth-order valence-electron chi connectivity index (χ4n) is 2.33. The fraction of sp³-hybridized carbons (Fsp3) is 0.167. The summed E-state index contributed by atoms with van der Waals surface area (Å²) in [6, 6.07) is 14.4. The molecule has 0 spiro atoms. The monoisotopic (exact) mass is 382 g/mol. The van der Waals surface area contributed by atoms with Crippen LogP contribution in [0.5, 0.6) is 0 Å². The van der Waals surface area contributed by atoms with Gasteiger partial charge in [-0.15, -0.1) is 5.10 Å². The minimum Gasteiger partial charge on any atom is -0.307 e. The highest BCUT2D eigenvalue weighted by molar-refractivity contribution is 7.99. The van der Waals surface area contributed by atoms with Gasteiger partial charge in [-0.05, 0) is 53.6 Å². The van der Waals surface area contributed by atoms with Crippen LogP contribution < -0.4 is 10.6 Å². The van der Waals surface area contributed by atoms with E-state index in [4.69, 9.17) is 0 Å². The Bertz CT molecular complexity index is 957. The van der Waals surface area contributed by atoms with Crippen LogP contribution in [0.4, 0.5) is 10.5 Å². The van der Waals surface area contributed by atoms with Gasteiger partial charge in [-0.25, -0.2) is 4.79 Å². The van der Waals surface area contributed by atoms with Crippen LogP contribution in [0.1, 0.15) is 11.1 Å². The first kappa shape index (κ1) is 18.6. The first-order valence-corrected chi connectivity index (χ1v) is 9.17. The van der Waals surface area contributed by atoms with Gasteiger partial charge in [-0.3, -0.25) is 10.1 Å². The van der Waals surface area contributed by atoms with Crippen molar-refractivity contribution in [3.8, 4) is 5.69 Å². The van der Waals surface area contributed by atoms with Crippen LogP contribution in [0.25, 0.3) is 5.69 Å². The zero-order chi connectivity index (χ0) is 19.2. The summed E-state index contributed by atoms with van der Waals surface area (Å²) in [6.45, 7) is 3.86. The number of urea groups is 1. The van der Waals surface area contributed by atoms with E-state index in [0.29, 0.717) is 10.8 Å². The van der Waals surface area contributed by atoms with Crippen LogP contribution in [0.15, 0.2) is 53.7 Å². The van der Waals surface area contributed by atoms with Gasteiger partial charge in [0.15, 0.2) is 0 Å². The largest absolute Gasteiger partial charge is 0.325 e. The van der Waals surface area contributed by atoms with Gasteiger partial charge in [0.25, 0.3) is 0 Å². The molecule has 9 heteroatoms. The predicted molar refractivity (Wildman–Crippen MR) is 103 cm³/mol. The third-order valence-electron chi connectivity index (χ3n) is 3.88. The predicted octanol–water partition coefficient (Wildman–Crippen LogP) is 2.72. The number of benzene rings is 2. The number of hydrogen-bond donors (Lipinski definition) is 2. The second kappa shape index (κ2) is 8.45. The van der Waals surface area contributed by atoms with Crippen LogP contribution in [0, 0.1) is 13.8 Å². The number of amides is 3. The molecule has 0 unspecified atom stereocenters. The minimum absolute atomic E-state index is 0.00737. The molecule has 0 aliphatic rings. The van der Waals surface area contributed by atoms with E-state index in [0.717, 1.165) is 28.6 Å². The number of aryl methyl sites for hydroxylation is 1. The number of imide groups is 1. The summed E-state index contributed by atoms with van der Waals surface area (Å²) in [5, 5.41) is 16.9. The molecule has 2 N–H and O–H groups in total. The molecule has 0 aliphatic heterocycles. The summed E-state index contributed by atoms with van der Waals surface area (Å²) in [5.41, 5.74) is 3.47. The highest BCUT2D eigenvalue weighted by Crippen LogP contribution is 2.19. The van der Waals surface area contributed by atoms with Crippen LogP contribution >= 0.6 is 11.8 Å². The van der Waals surface area contributed by atoms with E-state index in [-0.39, 0.29) is 5.75 Å². The van der Waals surface area contributed by atoms with Gasteiger partial charge in [0.1, 0.15) is 0 Å². The smallest absolute Gasteiger partial charge is 0.307 e. The zero-order valence-corrected chi connectivity index (χ0v) is 15.7. The maximum absolute atomic E-state index is 12.1. The Labute approximate surface area is 160 Å². The molecule has 2 aromatic carbocycles. The molecule has 0 saturated carbocycles. The number of nitrogens with one attached hydrogen (secondary N) is 2. The van der Waals surface area contributed by atoms with Crippen molar-refractivity contribution in [1.29, 1.82) is 0 Å². The maximum Gasteiger partial charge on any atom is 0.325 e. The summed E-state index contributed by atoms with van der Waals surface area (Å²) in [4.78, 5) is 24.1. The van der Waals surface area contributed by atoms with Crippen molar-refractivity contribution in [2.75, 3.05) is 11.1 Å². The molecule has 1 heterocycles. The lowest BCUT2D eigenvalue weighted by Crippen LogP contribution is -2.35. The second-order valence-electron chi connectivity index (χ2n) is 5.75. The average molecular weight is 382 g/mol. The van der Waals surface area contributed by atoms with E-state index >= 15 is 0 Å². The molecule has 3 aromatic rings. The normalized spacial score (nSPS) is 10.4. The number of carbonyl (C=O) groups excluding carboxylic acids is 2. The lowest BCUT2D eigenvalue weighted by molar-refractivity contribution is -0.117. The Balaban J connectivity index is 1.55. The Hall–Kier alpha value is -3.20. The molecule has 0 saturated heterocycles. The van der Waals surface area contributed by atoms with Crippen LogP contribution in [0.3, 0.4) is 0 Å². The van der Waals surface area contributed by atoms with Crippen molar-refractivity contribution in [3.05, 3.63) is 59.7 Å². The molecule has 0 atom stereocenters. The molecular formula is C18H18N6O2S. The van der Waals surface area contributed by atoms with Crippen molar-refractivity contribution in [3.63, 3.8) is 0 Å². The number of anilines is 1. The first-order chi connectivity index (χ1) is 13.0. The lowest BCUT2D eigenvalue weighted by atomic mass is 10.1. The highest BCUT2D eigenvalue weighted by atomic mass is 32.2. The number of para-hydroxylation sites is 1. The third-order valence-corrected chi connectivity index (χ3v) is 4.80. The Morgan fingerprint density at radius 2 is 1.85 bits per heavy atom. The molecule has 3 rings (SSSR count). The molecule has 3 amide bonds. The van der Waals surface area contributed by atoms with Crippen LogP contribution in [-0.4, -0.2) is 37.9 Å². The molecule has 1 aromatic heterocycles. The molecule has 8 nitrogen and oxygen atoms in total. The van der Waals surface area contributed by atoms with Gasteiger partial charge in [0.05, 0.1) is 11.4 Å². The van der Waals surface area contributed by atoms with Crippen molar-refractivity contribution < 1.29 is 9.59 Å². The number of tetrazole rings is 1. The zero-order valence-electron chi connectivity index (χ0n) is 14.8. The molecule has 0 bridgehead atoms. The summed E-state index contributed by atoms with van der Waals surface area (Å²) in [5.74, 6) is -0.432. The summed E-state index contributed by atoms with van der Waals surface area (Å²) < 4.78 is 1.54. The van der Waals surface area contributed by atoms with Crippen molar-refractivity contribution in [2.24, 2.45) is 0 Å². The standard InChI is InChI=1S/C18H18N6O2S/c1-12-7-6-10-15(13(12)2)19-17(26)20-16(25)11-27-18-21-22-23-24(18)14-8-4-3-5-9-14/h3-10H,11H2,1-2H3,(H2,19,20,25,26). The Kier molecular flexibility index (Phi) is 5.82. The fourth-order valence-corrected chi connectivity index (χ4v) is 3.02. The molecule has 0 aliphatic carbocycles. The first-order valence-electron chi connectivity index (χ1n) is 8.18. The maximum atomic E-state index is 12.1. The van der Waals surface area contributed by atoms with Gasteiger partial charge < -0.3 is 5.32 Å². The van der Waals surface area contributed by atoms with E-state index < -0.39 is 11.9 Å². The second-order valence-corrected chi connectivity index (χ2v) is 6.69. The summed E-state index contributed by atoms with van der Waals surface area (Å²) in [6.07, 6.45) is 0. The van der Waals surface area contributed by atoms with Gasteiger partial charge in [0, 0.05) is 5.69 Å². The average Bonchev–Trinajstić information content (AvgIpc) is 3.13. The number of nitrogens with zero attached hydrogens (tertiary/aromatic N) is 4. The third kappa shape index (κ3) is 4.70. The SMILES string of the molecule is Cc1cccc(NC(=O)NC(=O)CSc2nnnn2-c2ccccc2)c1C. The number of aromatic nitrogens is 4. The van der Waals surface area contributed by atoms with Crippen LogP contribution in [0.2, 0.25) is 0 Å². The molecule has 0 radical (unpaired) electrons. The summed E-state index contributed by atoms with van der Waals surface area (Å²) >= 11 is 1.15. The number of thioether (sulfide) groups is 1. The molecule has 138 valence electrons. The van der Waals surface area contributed by atoms with E-state index in [1.54, 1.807) is 6.07 Å². The van der Waals surface area contributed by atoms with Gasteiger partial charge in [-0.2, -0.15) is 4.68 Å². The quantitative estimate of drug-likeness (QED) is 0.658. The Morgan fingerprint density at radius 3 is 2.63 bits per heavy atom. The molecular weight excluding hydrogens is 364 g/mol. The van der Waals surface area contributed by atoms with Crippen molar-refractivity contribution in [2.45, 2.75) is 19.0 Å². The number of carbonyl (C=O) groups is 2. The van der Waals surface area contributed by atoms with E-state index in [9.17, 15) is 9.59 Å².